The molecule has 0 aromatic rings. The molecule has 4 nitrogen and oxygen atoms in total. The van der Waals surface area contributed by atoms with E-state index in [0.717, 1.165) is 6.42 Å². The summed E-state index contributed by atoms with van der Waals surface area (Å²) in [5.41, 5.74) is -0.744. The summed E-state index contributed by atoms with van der Waals surface area (Å²) in [6, 6.07) is -0.268. The largest absolute Gasteiger partial charge is 0.437 e. The molecule has 0 aliphatic carbocycles. The number of ether oxygens (including phenoxy) is 1. The van der Waals surface area contributed by atoms with Gasteiger partial charge in [0.15, 0.2) is 10.8 Å². The number of carbonyl (C=O) groups excluding carboxylic acids is 1. The van der Waals surface area contributed by atoms with Crippen LogP contribution in [0.25, 0.3) is 0 Å². The zero-order chi connectivity index (χ0) is 13.0. The molecular weight excluding hydrogens is 236 g/mol. The highest BCUT2D eigenvalue weighted by Crippen LogP contribution is 2.40. The first-order chi connectivity index (χ1) is 7.66. The van der Waals surface area contributed by atoms with Gasteiger partial charge in [0, 0.05) is 12.0 Å². The molecule has 96 valence electrons. The molecule has 2 aliphatic rings. The average molecular weight is 256 g/mol. The van der Waals surface area contributed by atoms with Crippen molar-refractivity contribution in [1.29, 1.82) is 0 Å². The van der Waals surface area contributed by atoms with E-state index in [9.17, 15) is 4.79 Å². The Morgan fingerprint density at radius 3 is 2.59 bits per heavy atom. The zero-order valence-electron chi connectivity index (χ0n) is 11.0. The van der Waals surface area contributed by atoms with Crippen molar-refractivity contribution in [2.24, 2.45) is 5.92 Å². The van der Waals surface area contributed by atoms with Crippen molar-refractivity contribution in [3.63, 3.8) is 0 Å². The van der Waals surface area contributed by atoms with Gasteiger partial charge in [-0.1, -0.05) is 13.8 Å². The van der Waals surface area contributed by atoms with Crippen LogP contribution in [-0.4, -0.2) is 33.3 Å². The Balaban J connectivity index is 2.39. The van der Waals surface area contributed by atoms with Crippen molar-refractivity contribution in [2.45, 2.75) is 58.3 Å². The smallest absolute Gasteiger partial charge is 0.331 e. The predicted molar refractivity (Wildman–Crippen MR) is 69.4 cm³/mol. The molecular formula is C12H20N2O2S. The molecule has 0 radical (unpaired) electrons. The first-order valence-electron chi connectivity index (χ1n) is 6.01. The van der Waals surface area contributed by atoms with E-state index in [1.165, 1.54) is 0 Å². The summed E-state index contributed by atoms with van der Waals surface area (Å²) in [5.74, 6) is 0.0228. The maximum absolute atomic E-state index is 12.0. The first-order valence-corrected chi connectivity index (χ1v) is 6.41. The maximum Gasteiger partial charge on any atom is 0.331 e. The number of esters is 1. The van der Waals surface area contributed by atoms with Crippen LogP contribution in [0.3, 0.4) is 0 Å². The van der Waals surface area contributed by atoms with Crippen LogP contribution < -0.4 is 5.32 Å². The Hall–Kier alpha value is -0.840. The topological polar surface area (TPSA) is 41.6 Å². The fourth-order valence-electron chi connectivity index (χ4n) is 2.97. The highest BCUT2D eigenvalue weighted by atomic mass is 32.1. The van der Waals surface area contributed by atoms with Crippen LogP contribution in [0.4, 0.5) is 0 Å². The van der Waals surface area contributed by atoms with Gasteiger partial charge in [0.25, 0.3) is 0 Å². The number of thiocarbonyl (C=S) groups is 1. The average Bonchev–Trinajstić information content (AvgIpc) is 2.32. The van der Waals surface area contributed by atoms with Gasteiger partial charge in [-0.05, 0) is 38.9 Å². The molecule has 2 unspecified atom stereocenters. The van der Waals surface area contributed by atoms with E-state index in [0.29, 0.717) is 5.11 Å². The zero-order valence-corrected chi connectivity index (χ0v) is 11.9. The molecule has 2 saturated heterocycles. The predicted octanol–water partition coefficient (Wildman–Crippen LogP) is 1.64. The normalized spacial score (nSPS) is 35.6. The fourth-order valence-corrected chi connectivity index (χ4v) is 3.56. The SMILES string of the molecule is CC(C)C1C(=O)OC2(C)CC(C)(C)NC(=S)N12. The third-order valence-electron chi connectivity index (χ3n) is 3.42. The number of nitrogens with one attached hydrogen (secondary N) is 1. The fraction of sp³-hybridized carbons (Fsp3) is 0.833. The molecule has 1 N–H and O–H groups in total. The highest BCUT2D eigenvalue weighted by Gasteiger charge is 2.57. The molecule has 2 heterocycles. The quantitative estimate of drug-likeness (QED) is 0.570. The second-order valence-corrected chi connectivity index (χ2v) is 6.53. The van der Waals surface area contributed by atoms with Gasteiger partial charge in [0.1, 0.15) is 6.04 Å². The van der Waals surface area contributed by atoms with Crippen molar-refractivity contribution in [1.82, 2.24) is 10.2 Å². The van der Waals surface area contributed by atoms with Crippen LogP contribution in [0.2, 0.25) is 0 Å². The number of hydrogen-bond acceptors (Lipinski definition) is 3. The Morgan fingerprint density at radius 2 is 2.06 bits per heavy atom. The van der Waals surface area contributed by atoms with Gasteiger partial charge in [-0.3, -0.25) is 4.90 Å². The third kappa shape index (κ3) is 1.90. The number of nitrogens with zero attached hydrogens (tertiary/aromatic N) is 1. The van der Waals surface area contributed by atoms with Crippen LogP contribution in [0.15, 0.2) is 0 Å². The molecule has 0 bridgehead atoms. The summed E-state index contributed by atoms with van der Waals surface area (Å²) in [4.78, 5) is 13.9. The third-order valence-corrected chi connectivity index (χ3v) is 3.71. The van der Waals surface area contributed by atoms with Gasteiger partial charge in [0.05, 0.1) is 0 Å². The lowest BCUT2D eigenvalue weighted by Gasteiger charge is -2.48. The van der Waals surface area contributed by atoms with Crippen molar-refractivity contribution in [2.75, 3.05) is 0 Å². The molecule has 0 spiro atoms. The Kier molecular flexibility index (Phi) is 2.65. The second kappa shape index (κ2) is 3.57. The summed E-state index contributed by atoms with van der Waals surface area (Å²) >= 11 is 5.40. The van der Waals surface area contributed by atoms with E-state index < -0.39 is 5.72 Å². The lowest BCUT2D eigenvalue weighted by Crippen LogP contribution is -2.66. The molecule has 0 aromatic carbocycles. The first kappa shape index (κ1) is 12.6. The number of hydrogen-bond donors (Lipinski definition) is 1. The highest BCUT2D eigenvalue weighted by molar-refractivity contribution is 7.80. The molecule has 0 saturated carbocycles. The Morgan fingerprint density at radius 1 is 1.47 bits per heavy atom. The number of carbonyl (C=O) groups is 1. The van der Waals surface area contributed by atoms with E-state index in [4.69, 9.17) is 17.0 Å². The minimum absolute atomic E-state index is 0.144. The van der Waals surface area contributed by atoms with E-state index in [-0.39, 0.29) is 23.5 Å². The standard InChI is InChI=1S/C12H20N2O2S/c1-7(2)8-9(15)16-12(5)6-11(3,4)13-10(17)14(8)12/h7-8H,6H2,1-5H3,(H,13,17). The van der Waals surface area contributed by atoms with Gasteiger partial charge >= 0.3 is 5.97 Å². The van der Waals surface area contributed by atoms with Crippen molar-refractivity contribution in [3.05, 3.63) is 0 Å². The molecule has 17 heavy (non-hydrogen) atoms. The van der Waals surface area contributed by atoms with E-state index in [1.54, 1.807) is 0 Å². The van der Waals surface area contributed by atoms with Gasteiger partial charge in [-0.25, -0.2) is 4.79 Å². The van der Waals surface area contributed by atoms with Crippen LogP contribution in [0.5, 0.6) is 0 Å². The van der Waals surface area contributed by atoms with Gasteiger partial charge in [-0.15, -0.1) is 0 Å². The molecule has 5 heteroatoms. The van der Waals surface area contributed by atoms with E-state index in [1.807, 2.05) is 25.7 Å². The molecule has 2 fully saturated rings. The van der Waals surface area contributed by atoms with Gasteiger partial charge in [-0.2, -0.15) is 0 Å². The minimum atomic E-state index is -0.599. The monoisotopic (exact) mass is 256 g/mol. The van der Waals surface area contributed by atoms with Crippen LogP contribution in [0.1, 0.15) is 41.0 Å². The summed E-state index contributed by atoms with van der Waals surface area (Å²) in [6.45, 7) is 10.1. The lowest BCUT2D eigenvalue weighted by atomic mass is 9.89. The van der Waals surface area contributed by atoms with Crippen molar-refractivity contribution in [3.8, 4) is 0 Å². The van der Waals surface area contributed by atoms with Gasteiger partial charge in [0.2, 0.25) is 0 Å². The second-order valence-electron chi connectivity index (χ2n) is 6.15. The molecule has 2 aliphatic heterocycles. The number of fused-ring (bicyclic) bond motifs is 1. The summed E-state index contributed by atoms with van der Waals surface area (Å²) in [7, 11) is 0. The van der Waals surface area contributed by atoms with Gasteiger partial charge < -0.3 is 10.1 Å². The minimum Gasteiger partial charge on any atom is -0.437 e. The van der Waals surface area contributed by atoms with E-state index in [2.05, 4.69) is 19.2 Å². The molecule has 0 amide bonds. The summed E-state index contributed by atoms with van der Waals surface area (Å²) < 4.78 is 5.59. The Bertz CT molecular complexity index is 381. The lowest BCUT2D eigenvalue weighted by molar-refractivity contribution is -0.153. The summed E-state index contributed by atoms with van der Waals surface area (Å²) in [6.07, 6.45) is 0.731. The van der Waals surface area contributed by atoms with Crippen LogP contribution >= 0.6 is 12.2 Å². The summed E-state index contributed by atoms with van der Waals surface area (Å²) in [5, 5.41) is 3.90. The van der Waals surface area contributed by atoms with Crippen LogP contribution in [-0.2, 0) is 9.53 Å². The molecule has 0 aromatic heterocycles. The maximum atomic E-state index is 12.0. The van der Waals surface area contributed by atoms with Crippen molar-refractivity contribution < 1.29 is 9.53 Å². The molecule has 2 atom stereocenters. The number of rotatable bonds is 1. The Labute approximate surface area is 108 Å². The van der Waals surface area contributed by atoms with Crippen LogP contribution in [0, 0.1) is 5.92 Å². The molecule has 2 rings (SSSR count). The van der Waals surface area contributed by atoms with E-state index >= 15 is 0 Å². The van der Waals surface area contributed by atoms with Crippen molar-refractivity contribution >= 4 is 23.3 Å².